The number of ether oxygens (including phenoxy) is 2. The van der Waals surface area contributed by atoms with E-state index in [1.165, 1.54) is 24.1 Å². The van der Waals surface area contributed by atoms with Crippen molar-refractivity contribution in [3.63, 3.8) is 0 Å². The lowest BCUT2D eigenvalue weighted by Crippen LogP contribution is -2.00. The van der Waals surface area contributed by atoms with Crippen LogP contribution in [0.4, 0.5) is 4.39 Å². The molecular weight excluding hydrogens is 229 g/mol. The quantitative estimate of drug-likeness (QED) is 0.345. The Balaban J connectivity index is 2.18. The molecule has 0 fully saturated rings. The molecule has 0 radical (unpaired) electrons. The number of nitrogens with zero attached hydrogens (tertiary/aromatic N) is 1. The first-order chi connectivity index (χ1) is 7.72. The zero-order chi connectivity index (χ0) is 11.8. The van der Waals surface area contributed by atoms with E-state index in [1.54, 1.807) is 26.2 Å². The van der Waals surface area contributed by atoms with Crippen molar-refractivity contribution in [1.82, 2.24) is 0 Å². The average molecular weight is 243 g/mol. The summed E-state index contributed by atoms with van der Waals surface area (Å²) in [4.78, 5) is 0. The zero-order valence-electron chi connectivity index (χ0n) is 9.27. The van der Waals surface area contributed by atoms with Gasteiger partial charge in [-0.1, -0.05) is 0 Å². The van der Waals surface area contributed by atoms with Crippen LogP contribution in [0.1, 0.15) is 6.92 Å². The van der Waals surface area contributed by atoms with Crippen LogP contribution in [-0.2, 0) is 4.74 Å². The molecule has 0 aliphatic carbocycles. The van der Waals surface area contributed by atoms with Crippen molar-refractivity contribution >= 4 is 17.8 Å². The van der Waals surface area contributed by atoms with Gasteiger partial charge in [0.25, 0.3) is 0 Å². The van der Waals surface area contributed by atoms with Crippen LogP contribution in [0, 0.1) is 5.82 Å². The number of benzene rings is 1. The van der Waals surface area contributed by atoms with Gasteiger partial charge in [-0.15, -0.1) is 0 Å². The lowest BCUT2D eigenvalue weighted by Gasteiger charge is -2.04. The van der Waals surface area contributed by atoms with E-state index in [9.17, 15) is 4.39 Å². The number of hydrogen-bond donors (Lipinski definition) is 0. The maximum Gasteiger partial charge on any atom is 0.191 e. The monoisotopic (exact) mass is 243 g/mol. The van der Waals surface area contributed by atoms with E-state index in [1.807, 2.05) is 0 Å². The molecule has 0 amide bonds. The van der Waals surface area contributed by atoms with Gasteiger partial charge in [0.2, 0.25) is 0 Å². The molecule has 0 saturated carbocycles. The summed E-state index contributed by atoms with van der Waals surface area (Å²) in [6.07, 6.45) is 0. The molecule has 0 aliphatic rings. The highest BCUT2D eigenvalue weighted by Crippen LogP contribution is 2.12. The van der Waals surface area contributed by atoms with Gasteiger partial charge in [-0.2, -0.15) is 4.40 Å². The highest BCUT2D eigenvalue weighted by atomic mass is 32.2. The fourth-order valence-electron chi connectivity index (χ4n) is 0.901. The summed E-state index contributed by atoms with van der Waals surface area (Å²) in [6.45, 7) is 2.31. The van der Waals surface area contributed by atoms with Gasteiger partial charge < -0.3 is 9.47 Å². The average Bonchev–Trinajstić information content (AvgIpc) is 2.31. The van der Waals surface area contributed by atoms with E-state index in [0.29, 0.717) is 18.3 Å². The summed E-state index contributed by atoms with van der Waals surface area (Å²) in [5.41, 5.74) is 0. The highest BCUT2D eigenvalue weighted by molar-refractivity contribution is 7.98. The fourth-order valence-corrected chi connectivity index (χ4v) is 1.41. The van der Waals surface area contributed by atoms with Gasteiger partial charge in [0.05, 0.1) is 13.7 Å². The molecule has 0 spiro atoms. The van der Waals surface area contributed by atoms with Crippen molar-refractivity contribution in [2.24, 2.45) is 4.40 Å². The molecule has 3 nitrogen and oxygen atoms in total. The third-order valence-electron chi connectivity index (χ3n) is 1.75. The Morgan fingerprint density at radius 3 is 2.69 bits per heavy atom. The Morgan fingerprint density at radius 2 is 2.06 bits per heavy atom. The molecule has 88 valence electrons. The Morgan fingerprint density at radius 1 is 1.38 bits per heavy atom. The summed E-state index contributed by atoms with van der Waals surface area (Å²) in [7, 11) is 1.58. The summed E-state index contributed by atoms with van der Waals surface area (Å²) < 4.78 is 26.9. The maximum atomic E-state index is 12.6. The predicted octanol–water partition coefficient (Wildman–Crippen LogP) is 2.92. The second kappa shape index (κ2) is 7.11. The second-order valence-electron chi connectivity index (χ2n) is 2.95. The van der Waals surface area contributed by atoms with E-state index in [0.717, 1.165) is 5.75 Å². The molecule has 0 aromatic heterocycles. The zero-order valence-corrected chi connectivity index (χ0v) is 10.1. The number of rotatable bonds is 5. The van der Waals surface area contributed by atoms with Gasteiger partial charge in [0.1, 0.15) is 11.6 Å². The summed E-state index contributed by atoms with van der Waals surface area (Å²) in [5, 5.41) is 0. The highest BCUT2D eigenvalue weighted by Gasteiger charge is 1.94. The summed E-state index contributed by atoms with van der Waals surface area (Å²) in [5.74, 6) is 1.75. The first-order valence-electron chi connectivity index (χ1n) is 4.81. The molecule has 16 heavy (non-hydrogen) atoms. The lowest BCUT2D eigenvalue weighted by molar-refractivity contribution is 0.343. The van der Waals surface area contributed by atoms with Crippen LogP contribution < -0.4 is 4.74 Å². The van der Waals surface area contributed by atoms with Crippen LogP contribution in [0.2, 0.25) is 0 Å². The van der Waals surface area contributed by atoms with Gasteiger partial charge in [0, 0.05) is 12.7 Å². The Bertz CT molecular complexity index is 340. The lowest BCUT2D eigenvalue weighted by atomic mass is 10.3. The van der Waals surface area contributed by atoms with Gasteiger partial charge >= 0.3 is 0 Å². The van der Waals surface area contributed by atoms with Crippen molar-refractivity contribution in [3.05, 3.63) is 30.1 Å². The van der Waals surface area contributed by atoms with Gasteiger partial charge in [0.15, 0.2) is 5.90 Å². The third-order valence-corrected chi connectivity index (χ3v) is 2.48. The molecule has 0 atom stereocenters. The fraction of sp³-hybridized carbons (Fsp3) is 0.364. The first kappa shape index (κ1) is 12.8. The standard InChI is InChI=1S/C11H14FNO2S/c1-9(14-2)13-16-8-7-15-11-5-3-10(12)4-6-11/h3-6H,7-8H2,1-2H3. The Kier molecular flexibility index (Phi) is 5.71. The van der Waals surface area contributed by atoms with E-state index >= 15 is 0 Å². The molecule has 0 aliphatic heterocycles. The van der Waals surface area contributed by atoms with Crippen LogP contribution in [0.15, 0.2) is 28.7 Å². The minimum Gasteiger partial charge on any atom is -0.493 e. The van der Waals surface area contributed by atoms with E-state index in [4.69, 9.17) is 9.47 Å². The van der Waals surface area contributed by atoms with Crippen LogP contribution in [0.25, 0.3) is 0 Å². The van der Waals surface area contributed by atoms with Gasteiger partial charge in [-0.25, -0.2) is 4.39 Å². The predicted molar refractivity (Wildman–Crippen MR) is 64.5 cm³/mol. The van der Waals surface area contributed by atoms with Crippen molar-refractivity contribution < 1.29 is 13.9 Å². The van der Waals surface area contributed by atoms with Crippen LogP contribution in [0.3, 0.4) is 0 Å². The molecular formula is C11H14FNO2S. The minimum atomic E-state index is -0.262. The summed E-state index contributed by atoms with van der Waals surface area (Å²) in [6, 6.07) is 5.94. The molecule has 0 bridgehead atoms. The SMILES string of the molecule is COC(C)=NSCCOc1ccc(F)cc1. The largest absolute Gasteiger partial charge is 0.493 e. The third kappa shape index (κ3) is 5.02. The van der Waals surface area contributed by atoms with Crippen LogP contribution >= 0.6 is 11.9 Å². The molecule has 0 saturated heterocycles. The van der Waals surface area contributed by atoms with Crippen molar-refractivity contribution in [1.29, 1.82) is 0 Å². The van der Waals surface area contributed by atoms with Crippen LogP contribution in [0.5, 0.6) is 5.75 Å². The number of halogens is 1. The van der Waals surface area contributed by atoms with Crippen molar-refractivity contribution in [3.8, 4) is 5.75 Å². The van der Waals surface area contributed by atoms with Gasteiger partial charge in [-0.3, -0.25) is 0 Å². The van der Waals surface area contributed by atoms with E-state index < -0.39 is 0 Å². The normalized spacial score (nSPS) is 11.3. The number of methoxy groups -OCH3 is 1. The summed E-state index contributed by atoms with van der Waals surface area (Å²) >= 11 is 1.37. The second-order valence-corrected chi connectivity index (χ2v) is 3.80. The van der Waals surface area contributed by atoms with Gasteiger partial charge in [-0.05, 0) is 36.2 Å². The molecule has 0 heterocycles. The molecule has 1 aromatic rings. The Labute approximate surface area is 98.8 Å². The van der Waals surface area contributed by atoms with E-state index in [2.05, 4.69) is 4.40 Å². The minimum absolute atomic E-state index is 0.262. The molecule has 1 aromatic carbocycles. The molecule has 0 N–H and O–H groups in total. The van der Waals surface area contributed by atoms with Crippen molar-refractivity contribution in [2.45, 2.75) is 6.92 Å². The smallest absolute Gasteiger partial charge is 0.191 e. The first-order valence-corrected chi connectivity index (χ1v) is 5.75. The molecule has 1 rings (SSSR count). The van der Waals surface area contributed by atoms with Crippen molar-refractivity contribution in [2.75, 3.05) is 19.5 Å². The Hall–Kier alpha value is -1.23. The van der Waals surface area contributed by atoms with E-state index in [-0.39, 0.29) is 5.82 Å². The maximum absolute atomic E-state index is 12.6. The number of hydrogen-bond acceptors (Lipinski definition) is 4. The molecule has 5 heteroatoms. The topological polar surface area (TPSA) is 30.8 Å². The molecule has 0 unspecified atom stereocenters. The van der Waals surface area contributed by atoms with Crippen LogP contribution in [-0.4, -0.2) is 25.4 Å².